The van der Waals surface area contributed by atoms with Crippen molar-refractivity contribution in [2.45, 2.75) is 26.3 Å². The fraction of sp³-hybridized carbons (Fsp3) is 0.231. The second kappa shape index (κ2) is 9.64. The Morgan fingerprint density at radius 3 is 2.47 bits per heavy atom. The third-order valence-electron chi connectivity index (χ3n) is 5.52. The maximum atomic E-state index is 13.3. The molecular formula is C26H26FN3O2. The number of carbonyl (C=O) groups excluding carboxylic acids is 2. The summed E-state index contributed by atoms with van der Waals surface area (Å²) in [6, 6.07) is 21.4. The lowest BCUT2D eigenvalue weighted by molar-refractivity contribution is -0.115. The van der Waals surface area contributed by atoms with Crippen LogP contribution < -0.4 is 10.2 Å². The molecule has 1 fully saturated rings. The summed E-state index contributed by atoms with van der Waals surface area (Å²) in [6.45, 7) is 3.57. The van der Waals surface area contributed by atoms with Crippen molar-refractivity contribution in [3.63, 3.8) is 0 Å². The van der Waals surface area contributed by atoms with E-state index in [1.807, 2.05) is 55.5 Å². The number of benzene rings is 3. The highest BCUT2D eigenvalue weighted by Gasteiger charge is 2.28. The molecule has 3 aromatic carbocycles. The van der Waals surface area contributed by atoms with Crippen LogP contribution in [0.15, 0.2) is 72.8 Å². The fourth-order valence-electron chi connectivity index (χ4n) is 3.92. The van der Waals surface area contributed by atoms with Crippen molar-refractivity contribution in [2.24, 2.45) is 0 Å². The van der Waals surface area contributed by atoms with Crippen LogP contribution in [0.2, 0.25) is 0 Å². The lowest BCUT2D eigenvalue weighted by Crippen LogP contribution is -2.49. The number of amides is 3. The van der Waals surface area contributed by atoms with Crippen LogP contribution in [0.3, 0.4) is 0 Å². The highest BCUT2D eigenvalue weighted by molar-refractivity contribution is 6.01. The average Bonchev–Trinajstić information content (AvgIpc) is 2.78. The van der Waals surface area contributed by atoms with Crippen LogP contribution in [-0.2, 0) is 17.8 Å². The van der Waals surface area contributed by atoms with Crippen molar-refractivity contribution >= 4 is 23.3 Å². The normalized spacial score (nSPS) is 13.9. The van der Waals surface area contributed by atoms with E-state index in [2.05, 4.69) is 5.32 Å². The maximum Gasteiger partial charge on any atom is 0.324 e. The first-order valence-electron chi connectivity index (χ1n) is 10.7. The van der Waals surface area contributed by atoms with Crippen molar-refractivity contribution in [3.05, 3.63) is 95.3 Å². The molecule has 3 amide bonds. The number of urea groups is 1. The number of carbonyl (C=O) groups is 2. The van der Waals surface area contributed by atoms with E-state index >= 15 is 0 Å². The Bertz CT molecular complexity index is 1100. The summed E-state index contributed by atoms with van der Waals surface area (Å²) in [5.41, 5.74) is 4.12. The van der Waals surface area contributed by atoms with E-state index in [9.17, 15) is 14.0 Å². The van der Waals surface area contributed by atoms with Gasteiger partial charge < -0.3 is 10.2 Å². The summed E-state index contributed by atoms with van der Waals surface area (Å²) < 4.78 is 13.2. The van der Waals surface area contributed by atoms with Gasteiger partial charge in [-0.3, -0.25) is 9.69 Å². The van der Waals surface area contributed by atoms with Gasteiger partial charge in [0, 0.05) is 19.6 Å². The van der Waals surface area contributed by atoms with Crippen LogP contribution in [0, 0.1) is 12.7 Å². The van der Waals surface area contributed by atoms with Crippen LogP contribution in [-0.4, -0.2) is 29.9 Å². The van der Waals surface area contributed by atoms with E-state index in [-0.39, 0.29) is 24.2 Å². The van der Waals surface area contributed by atoms with Gasteiger partial charge in [-0.05, 0) is 54.3 Å². The monoisotopic (exact) mass is 431 g/mol. The maximum absolute atomic E-state index is 13.3. The third-order valence-corrected chi connectivity index (χ3v) is 5.52. The first-order chi connectivity index (χ1) is 15.5. The topological polar surface area (TPSA) is 52.6 Å². The van der Waals surface area contributed by atoms with Gasteiger partial charge in [-0.25, -0.2) is 9.18 Å². The highest BCUT2D eigenvalue weighted by atomic mass is 19.1. The minimum Gasteiger partial charge on any atom is -0.324 e. The van der Waals surface area contributed by atoms with Crippen molar-refractivity contribution in [3.8, 4) is 0 Å². The van der Waals surface area contributed by atoms with Crippen molar-refractivity contribution in [2.75, 3.05) is 23.3 Å². The fourth-order valence-corrected chi connectivity index (χ4v) is 3.92. The number of nitrogens with one attached hydrogen (secondary N) is 1. The summed E-state index contributed by atoms with van der Waals surface area (Å²) in [5.74, 6) is -0.424. The number of rotatable bonds is 6. The summed E-state index contributed by atoms with van der Waals surface area (Å²) in [5, 5.41) is 3.00. The molecule has 1 heterocycles. The van der Waals surface area contributed by atoms with Crippen molar-refractivity contribution in [1.82, 2.24) is 4.90 Å². The van der Waals surface area contributed by atoms with Gasteiger partial charge in [0.2, 0.25) is 5.91 Å². The highest BCUT2D eigenvalue weighted by Crippen LogP contribution is 2.30. The molecule has 0 unspecified atom stereocenters. The first kappa shape index (κ1) is 21.6. The average molecular weight is 432 g/mol. The largest absolute Gasteiger partial charge is 0.324 e. The van der Waals surface area contributed by atoms with Crippen LogP contribution in [0.1, 0.15) is 23.1 Å². The summed E-state index contributed by atoms with van der Waals surface area (Å²) >= 11 is 0. The smallest absolute Gasteiger partial charge is 0.324 e. The Labute approximate surface area is 187 Å². The molecule has 0 saturated carbocycles. The summed E-state index contributed by atoms with van der Waals surface area (Å²) in [7, 11) is 0. The molecule has 1 saturated heterocycles. The Hall–Kier alpha value is -3.67. The molecule has 164 valence electrons. The van der Waals surface area contributed by atoms with E-state index in [0.29, 0.717) is 31.0 Å². The van der Waals surface area contributed by atoms with Gasteiger partial charge in [0.05, 0.1) is 17.8 Å². The number of nitrogens with zero attached hydrogens (tertiary/aromatic N) is 2. The Morgan fingerprint density at radius 1 is 0.969 bits per heavy atom. The molecule has 0 aromatic heterocycles. The predicted octanol–water partition coefficient (Wildman–Crippen LogP) is 5.15. The summed E-state index contributed by atoms with van der Waals surface area (Å²) in [4.78, 5) is 29.4. The second-order valence-corrected chi connectivity index (χ2v) is 8.07. The van der Waals surface area contributed by atoms with E-state index < -0.39 is 0 Å². The molecule has 1 N–H and O–H groups in total. The standard InChI is InChI=1S/C26H26FN3O2/c1-19-8-13-24(23(16-19)28-25(31)17-20-6-3-2-4-7-20)30-15-5-14-29(26(30)32)18-21-9-11-22(27)12-10-21/h2-4,6-13,16H,5,14-15,17-18H2,1H3,(H,28,31). The Kier molecular flexibility index (Phi) is 6.50. The zero-order valence-electron chi connectivity index (χ0n) is 18.1. The number of hydrogen-bond donors (Lipinski definition) is 1. The van der Waals surface area contributed by atoms with Gasteiger partial charge in [0.25, 0.3) is 0 Å². The molecule has 3 aromatic rings. The van der Waals surface area contributed by atoms with Gasteiger partial charge in [-0.1, -0.05) is 48.5 Å². The van der Waals surface area contributed by atoms with Crippen LogP contribution in [0.25, 0.3) is 0 Å². The van der Waals surface area contributed by atoms with Gasteiger partial charge >= 0.3 is 6.03 Å². The number of anilines is 2. The van der Waals surface area contributed by atoms with Gasteiger partial charge in [-0.2, -0.15) is 0 Å². The Morgan fingerprint density at radius 2 is 1.72 bits per heavy atom. The van der Waals surface area contributed by atoms with Crippen LogP contribution in [0.4, 0.5) is 20.6 Å². The lowest BCUT2D eigenvalue weighted by atomic mass is 10.1. The molecule has 5 nitrogen and oxygen atoms in total. The van der Waals surface area contributed by atoms with E-state index in [1.54, 1.807) is 21.9 Å². The minimum atomic E-state index is -0.295. The molecule has 0 atom stereocenters. The van der Waals surface area contributed by atoms with E-state index in [1.165, 1.54) is 12.1 Å². The predicted molar refractivity (Wildman–Crippen MR) is 124 cm³/mol. The molecular weight excluding hydrogens is 405 g/mol. The second-order valence-electron chi connectivity index (χ2n) is 8.07. The van der Waals surface area contributed by atoms with Crippen LogP contribution >= 0.6 is 0 Å². The number of aryl methyl sites for hydroxylation is 1. The SMILES string of the molecule is Cc1ccc(N2CCCN(Cc3ccc(F)cc3)C2=O)c(NC(=O)Cc2ccccc2)c1. The number of halogens is 1. The lowest BCUT2D eigenvalue weighted by Gasteiger charge is -2.36. The van der Waals surface area contributed by atoms with Crippen molar-refractivity contribution in [1.29, 1.82) is 0 Å². The van der Waals surface area contributed by atoms with Gasteiger partial charge in [0.1, 0.15) is 5.82 Å². The Balaban J connectivity index is 1.52. The molecule has 4 rings (SSSR count). The molecule has 1 aliphatic heterocycles. The van der Waals surface area contributed by atoms with Crippen molar-refractivity contribution < 1.29 is 14.0 Å². The summed E-state index contributed by atoms with van der Waals surface area (Å²) in [6.07, 6.45) is 1.07. The molecule has 6 heteroatoms. The zero-order valence-corrected chi connectivity index (χ0v) is 18.1. The third kappa shape index (κ3) is 5.14. The molecule has 0 spiro atoms. The first-order valence-corrected chi connectivity index (χ1v) is 10.7. The molecule has 0 bridgehead atoms. The molecule has 1 aliphatic rings. The quantitative estimate of drug-likeness (QED) is 0.587. The van der Waals surface area contributed by atoms with Gasteiger partial charge in [-0.15, -0.1) is 0 Å². The number of hydrogen-bond acceptors (Lipinski definition) is 2. The minimum absolute atomic E-state index is 0.122. The molecule has 0 aliphatic carbocycles. The van der Waals surface area contributed by atoms with Crippen LogP contribution in [0.5, 0.6) is 0 Å². The molecule has 0 radical (unpaired) electrons. The zero-order chi connectivity index (χ0) is 22.5. The van der Waals surface area contributed by atoms with E-state index in [0.717, 1.165) is 23.1 Å². The van der Waals surface area contributed by atoms with Gasteiger partial charge in [0.15, 0.2) is 0 Å². The molecule has 32 heavy (non-hydrogen) atoms. The van der Waals surface area contributed by atoms with E-state index in [4.69, 9.17) is 0 Å².